The second kappa shape index (κ2) is 63.0. The second-order valence-corrected chi connectivity index (χ2v) is 90.5. The van der Waals surface area contributed by atoms with Gasteiger partial charge in [-0.1, -0.05) is 31.5 Å². The molecule has 55 heteroatoms. The first-order chi connectivity index (χ1) is 55.5. The van der Waals surface area contributed by atoms with Gasteiger partial charge in [0.1, 0.15) is 36.7 Å². The topological polar surface area (TPSA) is 174 Å². The Labute approximate surface area is 804 Å². The zero-order valence-electron chi connectivity index (χ0n) is 62.4. The molecule has 8 unspecified atom stereocenters. The first-order valence-corrected chi connectivity index (χ1v) is 83.3. The molecule has 11 aliphatic rings. The fourth-order valence-corrected chi connectivity index (χ4v) is 94.3. The maximum Gasteiger partial charge on any atom is 0.293 e. The van der Waals surface area contributed by atoms with Crippen molar-refractivity contribution in [2.45, 2.75) is 152 Å². The van der Waals surface area contributed by atoms with Crippen LogP contribution in [0.5, 0.6) is 0 Å². The average molecular weight is 2440 g/mol. The summed E-state index contributed by atoms with van der Waals surface area (Å²) in [7, 11) is 55.1. The number of terminal acetylenes is 1. The predicted octanol–water partition coefficient (Wildman–Crippen LogP) is 6.80. The first kappa shape index (κ1) is 107. The Hall–Kier alpha value is 2.91. The lowest BCUT2D eigenvalue weighted by atomic mass is 9.86. The van der Waals surface area contributed by atoms with Gasteiger partial charge in [-0.15, -0.1) is 12.0 Å². The molecule has 0 aromatic carbocycles. The van der Waals surface area contributed by atoms with Gasteiger partial charge in [0.25, 0.3) is 12.9 Å². The van der Waals surface area contributed by atoms with E-state index in [0.717, 1.165) is 96.7 Å². The number of ether oxygens (including phenoxy) is 3. The summed E-state index contributed by atoms with van der Waals surface area (Å²) in [5.74, 6) is 8.78. The number of fused-ring (bicyclic) bond motifs is 8. The molecule has 17 nitrogen and oxygen atoms in total. The molecule has 15 rings (SSSR count). The van der Waals surface area contributed by atoms with Gasteiger partial charge in [-0.2, -0.15) is 4.39 Å². The van der Waals surface area contributed by atoms with E-state index in [2.05, 4.69) is 183 Å². The highest BCUT2D eigenvalue weighted by molar-refractivity contribution is 14.1. The number of nitrogens with one attached hydrogen (secondary N) is 4. The maximum atomic E-state index is 12.0. The van der Waals surface area contributed by atoms with Crippen molar-refractivity contribution in [2.75, 3.05) is 80.3 Å². The lowest BCUT2D eigenvalue weighted by Crippen LogP contribution is -2.72. The number of nitrogens with zero attached hydrogens (tertiary/aromatic N) is 8. The molecule has 642 valence electrons. The fourth-order valence-electron chi connectivity index (χ4n) is 10.8. The van der Waals surface area contributed by atoms with Gasteiger partial charge in [0.15, 0.2) is 0 Å². The van der Waals surface area contributed by atoms with Gasteiger partial charge in [-0.05, 0) is 161 Å². The van der Waals surface area contributed by atoms with Crippen LogP contribution in [0.15, 0.2) is 73.3 Å². The van der Waals surface area contributed by atoms with Crippen LogP contribution in [0.2, 0.25) is 19.6 Å². The number of halogens is 3. The summed E-state index contributed by atoms with van der Waals surface area (Å²) in [6.07, 6.45) is 17.9. The van der Waals surface area contributed by atoms with Crippen molar-refractivity contribution in [1.82, 2.24) is 46.1 Å². The molecule has 11 fully saturated rings. The van der Waals surface area contributed by atoms with Gasteiger partial charge in [-0.25, -0.2) is 19.9 Å². The van der Waals surface area contributed by atoms with E-state index in [-0.39, 0.29) is 11.2 Å². The quantitative estimate of drug-likeness (QED) is 0.0521. The Morgan fingerprint density at radius 2 is 0.791 bits per heavy atom. The summed E-state index contributed by atoms with van der Waals surface area (Å²) < 4.78 is 28.5. The highest BCUT2D eigenvalue weighted by Crippen LogP contribution is 2.38. The van der Waals surface area contributed by atoms with E-state index >= 15 is 0 Å². The second-order valence-electron chi connectivity index (χ2n) is 26.7. The summed E-state index contributed by atoms with van der Waals surface area (Å²) in [6, 6.07) is 21.7. The van der Waals surface area contributed by atoms with E-state index in [1.807, 2.05) is 220 Å². The van der Waals surface area contributed by atoms with E-state index in [4.69, 9.17) is 33.5 Å². The minimum atomic E-state index is -1.30. The third-order valence-corrected chi connectivity index (χ3v) is 86.5. The Bertz CT molecular complexity index is 5350. The molecule has 15 heterocycles. The standard InChI is InChI=1S/C15H17N3O.C15H21N3Si.C10H12IN3.C5H3FIN.C5H10N2.2C5H10O2.S34/c1-2-11-3-4-15(16-6-11)18-12-5-13(18)8-17(7-12)14-9-19-10-14;1-19(2,3)7-6-12-4-5-15(17-9-12)18-13-8-14(18)11-16-10-13;11-7-1-2-10(13-4-7)14-8-3-9(14)6-12-5-8;6-5-2-1-4(7)3-8-5;1-4-2-6-3-5(1)7-4;2*1-5(2,3)7-4-6;1-3-5-7-9-11-13-15-17-19-21-23-25-27-29-31-33-34-32-30-28-26-24-22-20-18-16-14-12-10-8-6-4-2/h1,3-4,6,12-14H,5,7-10H2;4-5,9,13-14,16H,8,10-11H2,1-3H3;1-2,4,8-9,12H,3,5-6H2;1-3H;4-7H,1-3H2;2*4H,1-3H3;. The number of anilines is 3. The number of piperazine rings is 4. The minimum absolute atomic E-state index is 0.318. The molecule has 0 aliphatic carbocycles. The van der Waals surface area contributed by atoms with Gasteiger partial charge in [-0.3, -0.25) is 14.5 Å². The van der Waals surface area contributed by atoms with E-state index in [0.29, 0.717) is 55.2 Å². The zero-order chi connectivity index (χ0) is 83.0. The van der Waals surface area contributed by atoms with E-state index in [1.165, 1.54) is 72.4 Å². The highest BCUT2D eigenvalue weighted by Gasteiger charge is 2.48. The Balaban J connectivity index is 0.000000218. The van der Waals surface area contributed by atoms with Crippen LogP contribution in [-0.2, 0) is 330 Å². The van der Waals surface area contributed by atoms with Crippen LogP contribution < -0.4 is 36.0 Å². The van der Waals surface area contributed by atoms with Crippen LogP contribution in [0.1, 0.15) is 78.4 Å². The number of aromatic nitrogens is 4. The Kier molecular flexibility index (Phi) is 58.4. The molecule has 0 spiro atoms. The van der Waals surface area contributed by atoms with Crippen molar-refractivity contribution in [3.63, 3.8) is 0 Å². The summed E-state index contributed by atoms with van der Waals surface area (Å²) in [6.45, 7) is 29.5. The molecule has 115 heavy (non-hydrogen) atoms. The number of pyridine rings is 4. The molecule has 8 bridgehead atoms. The number of piperidine rings is 4. The van der Waals surface area contributed by atoms with Gasteiger partial charge in [0.05, 0.1) is 19.3 Å². The molecule has 11 saturated heterocycles. The van der Waals surface area contributed by atoms with E-state index in [1.54, 1.807) is 119 Å². The molecule has 0 amide bonds. The summed E-state index contributed by atoms with van der Waals surface area (Å²) in [4.78, 5) is 46.1. The number of carbonyl (C=O) groups is 2. The molecular formula is C60H83FI2N12O5S34Si. The van der Waals surface area contributed by atoms with Crippen molar-refractivity contribution in [2.24, 2.45) is 0 Å². The van der Waals surface area contributed by atoms with Crippen molar-refractivity contribution in [3.8, 4) is 23.8 Å². The maximum absolute atomic E-state index is 12.0. The third kappa shape index (κ3) is 46.6. The predicted molar refractivity (Wildman–Crippen MR) is 589 cm³/mol. The van der Waals surface area contributed by atoms with Gasteiger partial charge < -0.3 is 50.2 Å². The first-order valence-electron chi connectivity index (χ1n) is 33.7. The average Bonchev–Trinajstić information content (AvgIpc) is 0.794. The molecule has 8 atom stereocenters. The molecule has 0 saturated carbocycles. The normalized spacial score (nSPS) is 20.0. The van der Waals surface area contributed by atoms with Crippen LogP contribution in [0.25, 0.3) is 0 Å². The summed E-state index contributed by atoms with van der Waals surface area (Å²) in [5, 5.41) is 13.6. The molecule has 11 aliphatic heterocycles. The largest absolute Gasteiger partial charge is 0.462 e. The van der Waals surface area contributed by atoms with Gasteiger partial charge in [0, 0.05) is 450 Å². The highest BCUT2D eigenvalue weighted by atomic mass is 127. The van der Waals surface area contributed by atoms with Crippen molar-refractivity contribution in [3.05, 3.63) is 97.5 Å². The molecule has 4 aromatic rings. The third-order valence-electron chi connectivity index (χ3n) is 15.5. The van der Waals surface area contributed by atoms with Crippen LogP contribution in [0, 0.1) is 36.9 Å². The lowest BCUT2D eigenvalue weighted by Gasteiger charge is -2.59. The summed E-state index contributed by atoms with van der Waals surface area (Å²) >= 11 is 13.9. The molecule has 0 radical (unpaired) electrons. The molecular weight excluding hydrogens is 2360 g/mol. The van der Waals surface area contributed by atoms with Gasteiger partial charge in [0.2, 0.25) is 5.95 Å². The van der Waals surface area contributed by atoms with Crippen LogP contribution in [-0.4, -0.2) is 177 Å². The summed E-state index contributed by atoms with van der Waals surface area (Å²) in [5.41, 5.74) is 4.63. The smallest absolute Gasteiger partial charge is 0.293 e. The molecule has 4 aromatic heterocycles. The minimum Gasteiger partial charge on any atom is -0.462 e. The number of carbonyl (C=O) groups excluding carboxylic acids is 2. The number of hydrogen-bond acceptors (Lipinski definition) is 19. The van der Waals surface area contributed by atoms with Crippen molar-refractivity contribution in [1.29, 1.82) is 0 Å². The van der Waals surface area contributed by atoms with Crippen LogP contribution in [0.3, 0.4) is 0 Å². The Morgan fingerprint density at radius 3 is 1.03 bits per heavy atom. The van der Waals surface area contributed by atoms with Gasteiger partial charge >= 0.3 is 0 Å². The van der Waals surface area contributed by atoms with Crippen LogP contribution in [0.4, 0.5) is 21.8 Å². The van der Waals surface area contributed by atoms with Crippen molar-refractivity contribution >= 4 is 390 Å². The fraction of sp³-hybridized carbons (Fsp3) is 0.567. The Morgan fingerprint density at radius 1 is 0.470 bits per heavy atom. The van der Waals surface area contributed by atoms with E-state index in [9.17, 15) is 14.0 Å². The van der Waals surface area contributed by atoms with E-state index < -0.39 is 14.0 Å². The SMILES string of the molecule is C#Cc1ccc(N2C3CC2CN(C2COC2)C3)nc1.C1NCC2CC1N2.CC(C)(C)OC=O.CC(C)(C)OC=O.C[Si](C)(C)C#Cc1ccc(N2C3CNCC2C3)nc1.Fc1ccc(I)cn1.Ic1ccc(N2C3CNCC2C3)nc1.S=S=S=S=S=S=S=S=S=S=S=S=S=S=S=S=S=S=S=S=S=S=S=S=S=S=S=S=S=S=S=S=S=S. The number of rotatable bonds is 6. The van der Waals surface area contributed by atoms with Crippen LogP contribution >= 0.6 is 45.2 Å². The zero-order valence-corrected chi connectivity index (χ0v) is 95.5. The lowest BCUT2D eigenvalue weighted by molar-refractivity contribution is -0.139. The number of hydrogen-bond donors (Lipinski definition) is 4. The monoisotopic (exact) mass is 2440 g/mol. The van der Waals surface area contributed by atoms with Crippen molar-refractivity contribution < 1.29 is 28.2 Å². The molecule has 4 N–H and O–H groups in total.